The minimum atomic E-state index is -0.626. The number of ether oxygens (including phenoxy) is 3. The molecule has 8 nitrogen and oxygen atoms in total. The molecule has 0 saturated carbocycles. The average Bonchev–Trinajstić information content (AvgIpc) is 3.15. The molecule has 8 heteroatoms. The molecule has 0 radical (unpaired) electrons. The maximum absolute atomic E-state index is 11.6. The van der Waals surface area contributed by atoms with Gasteiger partial charge in [0.15, 0.2) is 0 Å². The summed E-state index contributed by atoms with van der Waals surface area (Å²) in [5.41, 5.74) is 3.56. The molecular formula is C29H29N3O5. The van der Waals surface area contributed by atoms with Gasteiger partial charge in [-0.15, -0.1) is 0 Å². The van der Waals surface area contributed by atoms with Crippen LogP contribution >= 0.6 is 0 Å². The molecule has 1 unspecified atom stereocenters. The number of morpholine rings is 1. The van der Waals surface area contributed by atoms with Crippen molar-refractivity contribution in [2.75, 3.05) is 26.3 Å². The molecule has 3 aromatic rings. The van der Waals surface area contributed by atoms with Crippen LogP contribution in [-0.4, -0.2) is 52.9 Å². The van der Waals surface area contributed by atoms with Crippen molar-refractivity contribution in [2.45, 2.75) is 38.4 Å². The van der Waals surface area contributed by atoms with E-state index < -0.39 is 5.60 Å². The number of nitrogens with zero attached hydrogens (tertiary/aromatic N) is 3. The molecule has 2 aromatic heterocycles. The Balaban J connectivity index is 1.21. The summed E-state index contributed by atoms with van der Waals surface area (Å²) < 4.78 is 23.5. The zero-order valence-electron chi connectivity index (χ0n) is 21.0. The Bertz CT molecular complexity index is 1480. The van der Waals surface area contributed by atoms with E-state index in [9.17, 15) is 4.79 Å². The first-order valence-electron chi connectivity index (χ1n) is 12.6. The maximum Gasteiger partial charge on any atom is 0.336 e. The molecule has 1 atom stereocenters. The molecule has 0 spiro atoms. The van der Waals surface area contributed by atoms with Crippen molar-refractivity contribution in [3.05, 3.63) is 88.3 Å². The lowest BCUT2D eigenvalue weighted by molar-refractivity contribution is -0.0287. The molecule has 6 rings (SSSR count). The Hall–Kier alpha value is -3.91. The van der Waals surface area contributed by atoms with Crippen LogP contribution in [0.3, 0.4) is 0 Å². The molecule has 0 bridgehead atoms. The van der Waals surface area contributed by atoms with Gasteiger partial charge >= 0.3 is 5.63 Å². The summed E-state index contributed by atoms with van der Waals surface area (Å²) in [7, 11) is 0. The molecule has 0 N–H and O–H groups in total. The topological polar surface area (TPSA) is 86.9 Å². The highest BCUT2D eigenvalue weighted by Gasteiger charge is 2.39. The third-order valence-corrected chi connectivity index (χ3v) is 7.03. The molecule has 4 heterocycles. The van der Waals surface area contributed by atoms with E-state index in [1.807, 2.05) is 26.0 Å². The fourth-order valence-electron chi connectivity index (χ4n) is 4.95. The molecule has 3 aliphatic rings. The largest absolute Gasteiger partial charge is 0.484 e. The van der Waals surface area contributed by atoms with Crippen molar-refractivity contribution >= 4 is 16.5 Å². The van der Waals surface area contributed by atoms with Gasteiger partial charge in [0.2, 0.25) is 5.88 Å². The summed E-state index contributed by atoms with van der Waals surface area (Å²) in [4.78, 5) is 22.9. The van der Waals surface area contributed by atoms with Gasteiger partial charge in [-0.05, 0) is 49.6 Å². The summed E-state index contributed by atoms with van der Waals surface area (Å²) in [6.07, 6.45) is 11.4. The zero-order chi connectivity index (χ0) is 25.4. The Morgan fingerprint density at radius 2 is 1.92 bits per heavy atom. The van der Waals surface area contributed by atoms with Gasteiger partial charge in [0.05, 0.1) is 18.9 Å². The lowest BCUT2D eigenvalue weighted by Crippen LogP contribution is -2.49. The van der Waals surface area contributed by atoms with Gasteiger partial charge in [0.25, 0.3) is 0 Å². The normalized spacial score (nSPS) is 20.9. The van der Waals surface area contributed by atoms with Crippen LogP contribution in [0.1, 0.15) is 31.5 Å². The van der Waals surface area contributed by atoms with Crippen molar-refractivity contribution in [2.24, 2.45) is 0 Å². The number of fused-ring (bicyclic) bond motifs is 2. The van der Waals surface area contributed by atoms with Crippen LogP contribution in [-0.2, 0) is 11.2 Å². The van der Waals surface area contributed by atoms with Crippen molar-refractivity contribution in [1.29, 1.82) is 0 Å². The van der Waals surface area contributed by atoms with Crippen LogP contribution in [0.15, 0.2) is 75.9 Å². The van der Waals surface area contributed by atoms with Crippen molar-refractivity contribution in [1.82, 2.24) is 14.9 Å². The summed E-state index contributed by atoms with van der Waals surface area (Å²) >= 11 is 0. The highest BCUT2D eigenvalue weighted by atomic mass is 16.6. The van der Waals surface area contributed by atoms with E-state index in [4.69, 9.17) is 18.6 Å². The van der Waals surface area contributed by atoms with Crippen LogP contribution in [0, 0.1) is 0 Å². The van der Waals surface area contributed by atoms with Gasteiger partial charge in [-0.2, -0.15) is 0 Å². The molecular weight excluding hydrogens is 470 g/mol. The Kier molecular flexibility index (Phi) is 6.04. The van der Waals surface area contributed by atoms with E-state index in [0.717, 1.165) is 54.9 Å². The molecule has 1 aromatic carbocycles. The first kappa shape index (κ1) is 23.5. The van der Waals surface area contributed by atoms with E-state index in [1.165, 1.54) is 11.8 Å². The monoisotopic (exact) mass is 499 g/mol. The summed E-state index contributed by atoms with van der Waals surface area (Å²) in [5.74, 6) is 1.20. The zero-order valence-corrected chi connectivity index (χ0v) is 21.0. The van der Waals surface area contributed by atoms with Gasteiger partial charge in [0, 0.05) is 48.8 Å². The third-order valence-electron chi connectivity index (χ3n) is 7.03. The quantitative estimate of drug-likeness (QED) is 0.491. The van der Waals surface area contributed by atoms with Gasteiger partial charge < -0.3 is 23.5 Å². The number of hydrogen-bond donors (Lipinski definition) is 0. The number of hydrogen-bond acceptors (Lipinski definition) is 8. The predicted molar refractivity (Wildman–Crippen MR) is 140 cm³/mol. The highest BCUT2D eigenvalue weighted by molar-refractivity contribution is 5.79. The lowest BCUT2D eigenvalue weighted by atomic mass is 9.90. The first-order chi connectivity index (χ1) is 17.9. The number of rotatable bonds is 4. The van der Waals surface area contributed by atoms with Crippen LogP contribution in [0.25, 0.3) is 16.5 Å². The van der Waals surface area contributed by atoms with E-state index >= 15 is 0 Å². The lowest BCUT2D eigenvalue weighted by Gasteiger charge is -2.39. The molecule has 190 valence electrons. The smallest absolute Gasteiger partial charge is 0.336 e. The summed E-state index contributed by atoms with van der Waals surface area (Å²) in [6.45, 7) is 7.31. The molecule has 37 heavy (non-hydrogen) atoms. The van der Waals surface area contributed by atoms with Crippen molar-refractivity contribution in [3.63, 3.8) is 0 Å². The molecule has 1 fully saturated rings. The second-order valence-electron chi connectivity index (χ2n) is 9.97. The predicted octanol–water partition coefficient (Wildman–Crippen LogP) is 4.30. The van der Waals surface area contributed by atoms with Crippen molar-refractivity contribution in [3.8, 4) is 11.6 Å². The van der Waals surface area contributed by atoms with E-state index in [1.54, 1.807) is 18.5 Å². The minimum Gasteiger partial charge on any atom is -0.484 e. The highest BCUT2D eigenvalue weighted by Crippen LogP contribution is 2.37. The van der Waals surface area contributed by atoms with E-state index in [0.29, 0.717) is 23.6 Å². The average molecular weight is 500 g/mol. The van der Waals surface area contributed by atoms with Gasteiger partial charge in [0.1, 0.15) is 29.4 Å². The van der Waals surface area contributed by atoms with Crippen LogP contribution < -0.4 is 15.1 Å². The minimum absolute atomic E-state index is 0.274. The molecule has 1 aliphatic carbocycles. The van der Waals surface area contributed by atoms with Crippen molar-refractivity contribution < 1.29 is 18.6 Å². The van der Waals surface area contributed by atoms with Gasteiger partial charge in [-0.25, -0.2) is 14.8 Å². The Morgan fingerprint density at radius 3 is 2.78 bits per heavy atom. The third kappa shape index (κ3) is 4.89. The molecule has 2 aliphatic heterocycles. The fourth-order valence-corrected chi connectivity index (χ4v) is 4.95. The van der Waals surface area contributed by atoms with Crippen LogP contribution in [0.5, 0.6) is 11.6 Å². The fraction of sp³-hybridized carbons (Fsp3) is 0.345. The van der Waals surface area contributed by atoms with Gasteiger partial charge in [-0.1, -0.05) is 18.2 Å². The first-order valence-corrected chi connectivity index (χ1v) is 12.6. The number of benzene rings is 1. The maximum atomic E-state index is 11.6. The second kappa shape index (κ2) is 9.52. The Labute approximate surface area is 214 Å². The number of allylic oxidation sites excluding steroid dienone is 5. The van der Waals surface area contributed by atoms with Crippen LogP contribution in [0.2, 0.25) is 0 Å². The van der Waals surface area contributed by atoms with E-state index in [2.05, 4.69) is 39.2 Å². The standard InChI is InChI=1S/C29H29N3O5/c1-29(2)26(15-21-14-20-7-9-28(33)35-24(20)17-25(21)37-29)36-27-16-23(30-18-31-27)19-4-3-5-22(8-6-19)32-10-12-34-13-11-32/h4-9,14,16-18,26H,3,10-13,15H2,1-2H3. The second-order valence-corrected chi connectivity index (χ2v) is 9.97. The SMILES string of the molecule is CC1(C)Oc2cc3oc(=O)ccc3cc2CC1Oc1cc(C2=CCC=C(N3CCOCC3)C=C2)ncn1. The molecule has 0 amide bonds. The van der Waals surface area contributed by atoms with Gasteiger partial charge in [-0.3, -0.25) is 0 Å². The van der Waals surface area contributed by atoms with Crippen LogP contribution in [0.4, 0.5) is 0 Å². The summed E-state index contributed by atoms with van der Waals surface area (Å²) in [6, 6.07) is 8.86. The Morgan fingerprint density at radius 1 is 1.05 bits per heavy atom. The van der Waals surface area contributed by atoms with E-state index in [-0.39, 0.29) is 11.7 Å². The number of aromatic nitrogens is 2. The molecule has 1 saturated heterocycles. The summed E-state index contributed by atoms with van der Waals surface area (Å²) in [5, 5.41) is 0.849.